The Morgan fingerprint density at radius 1 is 1.50 bits per heavy atom. The maximum Gasteiger partial charge on any atom is 0.227 e. The van der Waals surface area contributed by atoms with Gasteiger partial charge in [0.2, 0.25) is 5.91 Å². The molecule has 0 radical (unpaired) electrons. The summed E-state index contributed by atoms with van der Waals surface area (Å²) in [6.07, 6.45) is 6.36. The minimum Gasteiger partial charge on any atom is -0.342 e. The molecule has 1 rings (SSSR count). The van der Waals surface area contributed by atoms with Crippen molar-refractivity contribution in [3.05, 3.63) is 0 Å². The van der Waals surface area contributed by atoms with Crippen LogP contribution in [0.1, 0.15) is 32.6 Å². The van der Waals surface area contributed by atoms with Crippen LogP contribution in [0.15, 0.2) is 0 Å². The van der Waals surface area contributed by atoms with Crippen LogP contribution in [0.25, 0.3) is 0 Å². The number of hydrogen-bond acceptors (Lipinski definition) is 3. The molecule has 4 heteroatoms. The standard InChI is InChI=1S/C12H24N2OS/c1-9(8-16-3)14(2)12(15)10-6-4-5-7-11(10)13/h9-11H,4-8,13H2,1-3H3. The van der Waals surface area contributed by atoms with Crippen LogP contribution in [0.3, 0.4) is 0 Å². The first kappa shape index (κ1) is 13.8. The van der Waals surface area contributed by atoms with E-state index in [9.17, 15) is 4.79 Å². The Labute approximate surface area is 103 Å². The molecule has 1 aliphatic rings. The van der Waals surface area contributed by atoms with Crippen LogP contribution in [0.2, 0.25) is 0 Å². The SMILES string of the molecule is CSCC(C)N(C)C(=O)C1CCCCC1N. The number of nitrogens with zero attached hydrogens (tertiary/aromatic N) is 1. The van der Waals surface area contributed by atoms with E-state index in [0.717, 1.165) is 25.0 Å². The van der Waals surface area contributed by atoms with E-state index in [2.05, 4.69) is 13.2 Å². The fourth-order valence-electron chi connectivity index (χ4n) is 2.30. The quantitative estimate of drug-likeness (QED) is 0.819. The third-order valence-electron chi connectivity index (χ3n) is 3.55. The predicted molar refractivity (Wildman–Crippen MR) is 70.5 cm³/mol. The van der Waals surface area contributed by atoms with Gasteiger partial charge in [0.25, 0.3) is 0 Å². The van der Waals surface area contributed by atoms with E-state index >= 15 is 0 Å². The van der Waals surface area contributed by atoms with Crippen molar-refractivity contribution < 1.29 is 4.79 Å². The Morgan fingerprint density at radius 2 is 2.12 bits per heavy atom. The second kappa shape index (κ2) is 6.50. The number of thioether (sulfide) groups is 1. The van der Waals surface area contributed by atoms with E-state index in [1.807, 2.05) is 11.9 Å². The van der Waals surface area contributed by atoms with Gasteiger partial charge in [-0.25, -0.2) is 0 Å². The summed E-state index contributed by atoms with van der Waals surface area (Å²) in [6, 6.07) is 0.377. The summed E-state index contributed by atoms with van der Waals surface area (Å²) in [5, 5.41) is 0. The van der Waals surface area contributed by atoms with Gasteiger partial charge in [0.15, 0.2) is 0 Å². The van der Waals surface area contributed by atoms with Crippen LogP contribution < -0.4 is 5.73 Å². The molecule has 1 amide bonds. The molecular formula is C12H24N2OS. The van der Waals surface area contributed by atoms with E-state index < -0.39 is 0 Å². The number of nitrogens with two attached hydrogens (primary N) is 1. The minimum absolute atomic E-state index is 0.0584. The van der Waals surface area contributed by atoms with Gasteiger partial charge in [-0.15, -0.1) is 0 Å². The van der Waals surface area contributed by atoms with Crippen molar-refractivity contribution >= 4 is 17.7 Å². The zero-order chi connectivity index (χ0) is 12.1. The zero-order valence-corrected chi connectivity index (χ0v) is 11.4. The normalized spacial score (nSPS) is 27.5. The smallest absolute Gasteiger partial charge is 0.227 e. The van der Waals surface area contributed by atoms with Crippen LogP contribution in [0.4, 0.5) is 0 Å². The molecule has 0 bridgehead atoms. The summed E-state index contributed by atoms with van der Waals surface area (Å²) in [5.74, 6) is 1.29. The summed E-state index contributed by atoms with van der Waals surface area (Å²) in [6.45, 7) is 2.10. The fraction of sp³-hybridized carbons (Fsp3) is 0.917. The lowest BCUT2D eigenvalue weighted by molar-refractivity contribution is -0.137. The van der Waals surface area contributed by atoms with Crippen molar-refractivity contribution in [2.24, 2.45) is 11.7 Å². The molecular weight excluding hydrogens is 220 g/mol. The topological polar surface area (TPSA) is 46.3 Å². The lowest BCUT2D eigenvalue weighted by Gasteiger charge is -2.33. The summed E-state index contributed by atoms with van der Waals surface area (Å²) in [4.78, 5) is 14.1. The Kier molecular flexibility index (Phi) is 5.62. The molecule has 1 aliphatic carbocycles. The lowest BCUT2D eigenvalue weighted by Crippen LogP contribution is -2.47. The summed E-state index contributed by atoms with van der Waals surface area (Å²) in [7, 11) is 1.91. The minimum atomic E-state index is 0.0584. The number of carbonyl (C=O) groups excluding carboxylic acids is 1. The first-order chi connectivity index (χ1) is 7.57. The number of rotatable bonds is 4. The maximum absolute atomic E-state index is 12.3. The number of amides is 1. The molecule has 0 aromatic carbocycles. The predicted octanol–water partition coefficient (Wildman–Crippen LogP) is 1.71. The molecule has 2 N–H and O–H groups in total. The van der Waals surface area contributed by atoms with Gasteiger partial charge in [-0.1, -0.05) is 12.8 Å². The largest absolute Gasteiger partial charge is 0.342 e. The third-order valence-corrected chi connectivity index (χ3v) is 4.37. The van der Waals surface area contributed by atoms with Crippen LogP contribution in [-0.4, -0.2) is 41.9 Å². The highest BCUT2D eigenvalue weighted by Crippen LogP contribution is 2.25. The molecule has 0 aromatic rings. The summed E-state index contributed by atoms with van der Waals surface area (Å²) in [5.41, 5.74) is 6.04. The second-order valence-electron chi connectivity index (χ2n) is 4.81. The zero-order valence-electron chi connectivity index (χ0n) is 10.6. The third kappa shape index (κ3) is 3.39. The lowest BCUT2D eigenvalue weighted by atomic mass is 9.84. The van der Waals surface area contributed by atoms with Gasteiger partial charge in [0.1, 0.15) is 0 Å². The molecule has 3 atom stereocenters. The van der Waals surface area contributed by atoms with Crippen LogP contribution >= 0.6 is 11.8 Å². The Hall–Kier alpha value is -0.220. The van der Waals surface area contributed by atoms with Gasteiger partial charge >= 0.3 is 0 Å². The van der Waals surface area contributed by atoms with Crippen molar-refractivity contribution in [1.82, 2.24) is 4.90 Å². The highest BCUT2D eigenvalue weighted by molar-refractivity contribution is 7.98. The van der Waals surface area contributed by atoms with Crippen molar-refractivity contribution in [1.29, 1.82) is 0 Å². The number of carbonyl (C=O) groups is 1. The molecule has 94 valence electrons. The van der Waals surface area contributed by atoms with Crippen molar-refractivity contribution in [3.8, 4) is 0 Å². The molecule has 0 aliphatic heterocycles. The van der Waals surface area contributed by atoms with Crippen LogP contribution in [0.5, 0.6) is 0 Å². The first-order valence-corrected chi connectivity index (χ1v) is 7.48. The monoisotopic (exact) mass is 244 g/mol. The van der Waals surface area contributed by atoms with Gasteiger partial charge in [-0.05, 0) is 26.0 Å². The Bertz CT molecular complexity index is 235. The summed E-state index contributed by atoms with van der Waals surface area (Å²) < 4.78 is 0. The molecule has 0 saturated heterocycles. The first-order valence-electron chi connectivity index (χ1n) is 6.09. The van der Waals surface area contributed by atoms with E-state index in [4.69, 9.17) is 5.73 Å². The molecule has 16 heavy (non-hydrogen) atoms. The average molecular weight is 244 g/mol. The maximum atomic E-state index is 12.3. The van der Waals surface area contributed by atoms with Crippen LogP contribution in [-0.2, 0) is 4.79 Å². The molecule has 0 spiro atoms. The highest BCUT2D eigenvalue weighted by Gasteiger charge is 2.31. The molecule has 0 heterocycles. The second-order valence-corrected chi connectivity index (χ2v) is 5.72. The van der Waals surface area contributed by atoms with Crippen LogP contribution in [0, 0.1) is 5.92 Å². The molecule has 1 saturated carbocycles. The molecule has 0 aromatic heterocycles. The highest BCUT2D eigenvalue weighted by atomic mass is 32.2. The van der Waals surface area contributed by atoms with Gasteiger partial charge in [0.05, 0.1) is 5.92 Å². The van der Waals surface area contributed by atoms with E-state index in [1.54, 1.807) is 11.8 Å². The van der Waals surface area contributed by atoms with Gasteiger partial charge in [0, 0.05) is 24.9 Å². The Morgan fingerprint density at radius 3 is 2.69 bits per heavy atom. The van der Waals surface area contributed by atoms with Crippen molar-refractivity contribution in [3.63, 3.8) is 0 Å². The Balaban J connectivity index is 2.54. The van der Waals surface area contributed by atoms with Gasteiger partial charge < -0.3 is 10.6 Å². The molecule has 1 fully saturated rings. The molecule has 3 unspecified atom stereocenters. The average Bonchev–Trinajstić information content (AvgIpc) is 2.28. The molecule has 3 nitrogen and oxygen atoms in total. The van der Waals surface area contributed by atoms with E-state index in [-0.39, 0.29) is 17.9 Å². The van der Waals surface area contributed by atoms with Crippen molar-refractivity contribution in [2.75, 3.05) is 19.1 Å². The van der Waals surface area contributed by atoms with E-state index in [1.165, 1.54) is 6.42 Å². The van der Waals surface area contributed by atoms with Gasteiger partial charge in [-0.2, -0.15) is 11.8 Å². The van der Waals surface area contributed by atoms with Gasteiger partial charge in [-0.3, -0.25) is 4.79 Å². The fourth-order valence-corrected chi connectivity index (χ4v) is 3.00. The summed E-state index contributed by atoms with van der Waals surface area (Å²) >= 11 is 1.78. The number of hydrogen-bond donors (Lipinski definition) is 1. The van der Waals surface area contributed by atoms with Crippen molar-refractivity contribution in [2.45, 2.75) is 44.7 Å². The van der Waals surface area contributed by atoms with E-state index in [0.29, 0.717) is 6.04 Å².